The lowest BCUT2D eigenvalue weighted by Gasteiger charge is -2.30. The SMILES string of the molecule is Cl.O=C(C1CCNCC1)N(Cc1cccc(Br)c1)C1CC1. The molecule has 0 unspecified atom stereocenters. The summed E-state index contributed by atoms with van der Waals surface area (Å²) in [6.45, 7) is 2.71. The molecule has 1 amide bonds. The summed E-state index contributed by atoms with van der Waals surface area (Å²) in [6.07, 6.45) is 4.32. The van der Waals surface area contributed by atoms with E-state index in [1.807, 2.05) is 12.1 Å². The number of benzene rings is 1. The van der Waals surface area contributed by atoms with E-state index >= 15 is 0 Å². The highest BCUT2D eigenvalue weighted by Gasteiger charge is 2.36. The molecule has 0 atom stereocenters. The topological polar surface area (TPSA) is 32.3 Å². The lowest BCUT2D eigenvalue weighted by atomic mass is 9.96. The molecule has 1 saturated heterocycles. The normalized spacial score (nSPS) is 18.9. The van der Waals surface area contributed by atoms with Gasteiger partial charge in [0.05, 0.1) is 0 Å². The average Bonchev–Trinajstić information content (AvgIpc) is 3.30. The van der Waals surface area contributed by atoms with E-state index in [-0.39, 0.29) is 18.3 Å². The monoisotopic (exact) mass is 372 g/mol. The second-order valence-electron chi connectivity index (χ2n) is 5.85. The molecule has 1 aliphatic heterocycles. The van der Waals surface area contributed by atoms with Crippen LogP contribution in [0.1, 0.15) is 31.2 Å². The van der Waals surface area contributed by atoms with Crippen LogP contribution in [0.3, 0.4) is 0 Å². The fourth-order valence-electron chi connectivity index (χ4n) is 2.91. The molecule has 3 nitrogen and oxygen atoms in total. The average molecular weight is 374 g/mol. The number of hydrogen-bond acceptors (Lipinski definition) is 2. The molecule has 2 aliphatic rings. The molecule has 0 spiro atoms. The van der Waals surface area contributed by atoms with Gasteiger partial charge in [0, 0.05) is 23.0 Å². The molecular formula is C16H22BrClN2O. The quantitative estimate of drug-likeness (QED) is 0.877. The number of hydrogen-bond donors (Lipinski definition) is 1. The van der Waals surface area contributed by atoms with Gasteiger partial charge in [0.15, 0.2) is 0 Å². The zero-order valence-corrected chi connectivity index (χ0v) is 14.5. The lowest BCUT2D eigenvalue weighted by Crippen LogP contribution is -2.41. The van der Waals surface area contributed by atoms with Crippen molar-refractivity contribution in [1.82, 2.24) is 10.2 Å². The molecule has 21 heavy (non-hydrogen) atoms. The Hall–Kier alpha value is -0.580. The minimum atomic E-state index is 0. The van der Waals surface area contributed by atoms with Crippen molar-refractivity contribution < 1.29 is 4.79 Å². The lowest BCUT2D eigenvalue weighted by molar-refractivity contribution is -0.137. The Labute approximate surface area is 141 Å². The molecule has 1 aromatic rings. The third-order valence-electron chi connectivity index (χ3n) is 4.20. The molecule has 0 bridgehead atoms. The van der Waals surface area contributed by atoms with Gasteiger partial charge in [-0.15, -0.1) is 12.4 Å². The summed E-state index contributed by atoms with van der Waals surface area (Å²) in [6, 6.07) is 8.77. The van der Waals surface area contributed by atoms with E-state index in [2.05, 4.69) is 38.3 Å². The van der Waals surface area contributed by atoms with Crippen molar-refractivity contribution >= 4 is 34.2 Å². The van der Waals surface area contributed by atoms with E-state index in [1.165, 1.54) is 18.4 Å². The Balaban J connectivity index is 0.00000161. The first kappa shape index (κ1) is 16.8. The maximum atomic E-state index is 12.8. The standard InChI is InChI=1S/C16H21BrN2O.ClH/c17-14-3-1-2-12(10-14)11-19(15-4-5-15)16(20)13-6-8-18-9-7-13;/h1-3,10,13,15,18H,4-9,11H2;1H. The number of nitrogens with zero attached hydrogens (tertiary/aromatic N) is 1. The molecule has 1 saturated carbocycles. The number of amides is 1. The van der Waals surface area contributed by atoms with E-state index < -0.39 is 0 Å². The van der Waals surface area contributed by atoms with E-state index in [4.69, 9.17) is 0 Å². The Morgan fingerprint density at radius 2 is 1.95 bits per heavy atom. The fourth-order valence-corrected chi connectivity index (χ4v) is 3.36. The van der Waals surface area contributed by atoms with Crippen LogP contribution in [0.25, 0.3) is 0 Å². The summed E-state index contributed by atoms with van der Waals surface area (Å²) in [5.41, 5.74) is 1.22. The molecule has 0 radical (unpaired) electrons. The maximum Gasteiger partial charge on any atom is 0.226 e. The summed E-state index contributed by atoms with van der Waals surface area (Å²) < 4.78 is 1.08. The van der Waals surface area contributed by atoms with Crippen LogP contribution in [-0.2, 0) is 11.3 Å². The molecule has 3 rings (SSSR count). The van der Waals surface area contributed by atoms with Crippen molar-refractivity contribution in [1.29, 1.82) is 0 Å². The van der Waals surface area contributed by atoms with Gasteiger partial charge in [-0.3, -0.25) is 4.79 Å². The highest BCUT2D eigenvalue weighted by atomic mass is 79.9. The van der Waals surface area contributed by atoms with Crippen molar-refractivity contribution in [3.8, 4) is 0 Å². The van der Waals surface area contributed by atoms with E-state index in [9.17, 15) is 4.79 Å². The fraction of sp³-hybridized carbons (Fsp3) is 0.562. The van der Waals surface area contributed by atoms with Crippen LogP contribution >= 0.6 is 28.3 Å². The van der Waals surface area contributed by atoms with Crippen LogP contribution in [0.4, 0.5) is 0 Å². The van der Waals surface area contributed by atoms with E-state index in [0.717, 1.165) is 36.9 Å². The van der Waals surface area contributed by atoms with Crippen LogP contribution < -0.4 is 5.32 Å². The largest absolute Gasteiger partial charge is 0.335 e. The molecule has 2 fully saturated rings. The Bertz CT molecular complexity index is 487. The summed E-state index contributed by atoms with van der Waals surface area (Å²) in [5, 5.41) is 3.33. The van der Waals surface area contributed by atoms with Crippen molar-refractivity contribution in [2.75, 3.05) is 13.1 Å². The predicted octanol–water partition coefficient (Wildman–Crippen LogP) is 3.36. The molecule has 116 valence electrons. The Morgan fingerprint density at radius 1 is 1.24 bits per heavy atom. The summed E-state index contributed by atoms with van der Waals surface area (Å²) >= 11 is 3.51. The molecule has 1 aliphatic carbocycles. The third kappa shape index (κ3) is 4.44. The number of nitrogens with one attached hydrogen (secondary N) is 1. The number of carbonyl (C=O) groups excluding carboxylic acids is 1. The minimum absolute atomic E-state index is 0. The highest BCUT2D eigenvalue weighted by Crippen LogP contribution is 2.31. The van der Waals surface area contributed by atoms with Crippen molar-refractivity contribution in [2.45, 2.75) is 38.3 Å². The van der Waals surface area contributed by atoms with Gasteiger partial charge in [0.25, 0.3) is 0 Å². The van der Waals surface area contributed by atoms with E-state index in [1.54, 1.807) is 0 Å². The first-order chi connectivity index (χ1) is 9.74. The number of piperidine rings is 1. The van der Waals surface area contributed by atoms with Gasteiger partial charge in [0.1, 0.15) is 0 Å². The third-order valence-corrected chi connectivity index (χ3v) is 4.69. The number of halogens is 2. The van der Waals surface area contributed by atoms with Gasteiger partial charge in [-0.25, -0.2) is 0 Å². The van der Waals surface area contributed by atoms with Crippen LogP contribution in [-0.4, -0.2) is 29.9 Å². The van der Waals surface area contributed by atoms with E-state index in [0.29, 0.717) is 11.9 Å². The van der Waals surface area contributed by atoms with Crippen molar-refractivity contribution in [3.63, 3.8) is 0 Å². The first-order valence-electron chi connectivity index (χ1n) is 7.49. The van der Waals surface area contributed by atoms with Gasteiger partial charge in [0.2, 0.25) is 5.91 Å². The van der Waals surface area contributed by atoms with Crippen molar-refractivity contribution in [3.05, 3.63) is 34.3 Å². The van der Waals surface area contributed by atoms with Crippen LogP contribution in [0.15, 0.2) is 28.7 Å². The maximum absolute atomic E-state index is 12.8. The van der Waals surface area contributed by atoms with Gasteiger partial charge in [-0.05, 0) is 56.5 Å². The second kappa shape index (κ2) is 7.61. The Kier molecular flexibility index (Phi) is 6.08. The Morgan fingerprint density at radius 3 is 2.57 bits per heavy atom. The number of carbonyl (C=O) groups is 1. The second-order valence-corrected chi connectivity index (χ2v) is 6.77. The van der Waals surface area contributed by atoms with Gasteiger partial charge >= 0.3 is 0 Å². The van der Waals surface area contributed by atoms with Gasteiger partial charge < -0.3 is 10.2 Å². The smallest absolute Gasteiger partial charge is 0.226 e. The highest BCUT2D eigenvalue weighted by molar-refractivity contribution is 9.10. The summed E-state index contributed by atoms with van der Waals surface area (Å²) in [4.78, 5) is 14.9. The summed E-state index contributed by atoms with van der Waals surface area (Å²) in [5.74, 6) is 0.595. The van der Waals surface area contributed by atoms with Crippen LogP contribution in [0.2, 0.25) is 0 Å². The predicted molar refractivity (Wildman–Crippen MR) is 90.6 cm³/mol. The first-order valence-corrected chi connectivity index (χ1v) is 8.29. The van der Waals surface area contributed by atoms with Crippen LogP contribution in [0.5, 0.6) is 0 Å². The molecule has 1 N–H and O–H groups in total. The van der Waals surface area contributed by atoms with Crippen molar-refractivity contribution in [2.24, 2.45) is 5.92 Å². The van der Waals surface area contributed by atoms with Gasteiger partial charge in [-0.2, -0.15) is 0 Å². The minimum Gasteiger partial charge on any atom is -0.335 e. The van der Waals surface area contributed by atoms with Gasteiger partial charge in [-0.1, -0.05) is 28.1 Å². The molecule has 5 heteroatoms. The molecule has 0 aromatic heterocycles. The molecule has 1 heterocycles. The summed E-state index contributed by atoms with van der Waals surface area (Å²) in [7, 11) is 0. The zero-order valence-electron chi connectivity index (χ0n) is 12.1. The number of rotatable bonds is 4. The molecule has 1 aromatic carbocycles. The van der Waals surface area contributed by atoms with Crippen LogP contribution in [0, 0.1) is 5.92 Å². The molecular weight excluding hydrogens is 352 g/mol. The zero-order chi connectivity index (χ0) is 13.9.